The SMILES string of the molecule is Cc1nn(CC(=O)c2ccn(C)c2)cc1Cl. The number of carbonyl (C=O) groups is 1. The number of aromatic nitrogens is 3. The summed E-state index contributed by atoms with van der Waals surface area (Å²) < 4.78 is 3.40. The van der Waals surface area contributed by atoms with Crippen LogP contribution in [0.15, 0.2) is 24.7 Å². The van der Waals surface area contributed by atoms with Crippen molar-refractivity contribution in [3.63, 3.8) is 0 Å². The molecule has 0 aliphatic rings. The van der Waals surface area contributed by atoms with E-state index in [-0.39, 0.29) is 12.3 Å². The van der Waals surface area contributed by atoms with E-state index in [0.717, 1.165) is 5.69 Å². The zero-order valence-electron chi connectivity index (χ0n) is 9.14. The van der Waals surface area contributed by atoms with Crippen molar-refractivity contribution >= 4 is 17.4 Å². The second kappa shape index (κ2) is 4.14. The van der Waals surface area contributed by atoms with Crippen LogP contribution in [0.2, 0.25) is 5.02 Å². The molecule has 2 aromatic heterocycles. The Labute approximate surface area is 98.4 Å². The van der Waals surface area contributed by atoms with Crippen LogP contribution in [0.5, 0.6) is 0 Å². The summed E-state index contributed by atoms with van der Waals surface area (Å²) in [4.78, 5) is 11.8. The Morgan fingerprint density at radius 1 is 1.50 bits per heavy atom. The largest absolute Gasteiger partial charge is 0.357 e. The second-order valence-corrected chi connectivity index (χ2v) is 4.16. The quantitative estimate of drug-likeness (QED) is 0.767. The van der Waals surface area contributed by atoms with Crippen LogP contribution in [0.25, 0.3) is 0 Å². The highest BCUT2D eigenvalue weighted by Gasteiger charge is 2.10. The second-order valence-electron chi connectivity index (χ2n) is 3.75. The third-order valence-corrected chi connectivity index (χ3v) is 2.72. The predicted molar refractivity (Wildman–Crippen MR) is 61.7 cm³/mol. The van der Waals surface area contributed by atoms with Crippen molar-refractivity contribution in [2.24, 2.45) is 7.05 Å². The molecule has 0 N–H and O–H groups in total. The molecule has 0 aliphatic heterocycles. The van der Waals surface area contributed by atoms with Crippen LogP contribution in [0.3, 0.4) is 0 Å². The summed E-state index contributed by atoms with van der Waals surface area (Å²) in [5.74, 6) is 0.0276. The summed E-state index contributed by atoms with van der Waals surface area (Å²) in [5, 5.41) is 4.72. The molecule has 0 spiro atoms. The minimum Gasteiger partial charge on any atom is -0.357 e. The van der Waals surface area contributed by atoms with Crippen molar-refractivity contribution < 1.29 is 4.79 Å². The van der Waals surface area contributed by atoms with Crippen LogP contribution in [-0.4, -0.2) is 20.1 Å². The molecule has 0 bridgehead atoms. The number of aryl methyl sites for hydroxylation is 2. The summed E-state index contributed by atoms with van der Waals surface area (Å²) in [7, 11) is 1.88. The van der Waals surface area contributed by atoms with Crippen LogP contribution in [0, 0.1) is 6.92 Å². The fourth-order valence-corrected chi connectivity index (χ4v) is 1.63. The van der Waals surface area contributed by atoms with Crippen molar-refractivity contribution in [2.45, 2.75) is 13.5 Å². The molecule has 16 heavy (non-hydrogen) atoms. The van der Waals surface area contributed by atoms with E-state index in [1.54, 1.807) is 23.1 Å². The number of Topliss-reactive ketones (excluding diaryl/α,β-unsaturated/α-hetero) is 1. The number of halogens is 1. The summed E-state index contributed by atoms with van der Waals surface area (Å²) >= 11 is 5.86. The van der Waals surface area contributed by atoms with E-state index in [1.807, 2.05) is 24.7 Å². The highest BCUT2D eigenvalue weighted by Crippen LogP contribution is 2.12. The van der Waals surface area contributed by atoms with Gasteiger partial charge in [-0.15, -0.1) is 0 Å². The van der Waals surface area contributed by atoms with Gasteiger partial charge in [-0.3, -0.25) is 9.48 Å². The maximum absolute atomic E-state index is 11.8. The fourth-order valence-electron chi connectivity index (χ4n) is 1.48. The third kappa shape index (κ3) is 2.17. The fraction of sp³-hybridized carbons (Fsp3) is 0.273. The number of carbonyl (C=O) groups excluding carboxylic acids is 1. The lowest BCUT2D eigenvalue weighted by molar-refractivity contribution is 0.0967. The molecular formula is C11H12ClN3O. The van der Waals surface area contributed by atoms with Crippen molar-refractivity contribution in [3.8, 4) is 0 Å². The highest BCUT2D eigenvalue weighted by atomic mass is 35.5. The van der Waals surface area contributed by atoms with Gasteiger partial charge in [0, 0.05) is 31.2 Å². The van der Waals surface area contributed by atoms with Gasteiger partial charge in [-0.2, -0.15) is 5.10 Å². The molecule has 0 aromatic carbocycles. The van der Waals surface area contributed by atoms with E-state index in [2.05, 4.69) is 5.10 Å². The first-order chi connectivity index (χ1) is 7.56. The normalized spacial score (nSPS) is 10.7. The van der Waals surface area contributed by atoms with Crippen molar-refractivity contribution in [1.82, 2.24) is 14.3 Å². The first-order valence-corrected chi connectivity index (χ1v) is 5.29. The number of ketones is 1. The van der Waals surface area contributed by atoms with E-state index < -0.39 is 0 Å². The smallest absolute Gasteiger partial charge is 0.185 e. The minimum atomic E-state index is 0.0276. The molecule has 0 saturated heterocycles. The van der Waals surface area contributed by atoms with Crippen LogP contribution < -0.4 is 0 Å². The Morgan fingerprint density at radius 2 is 2.25 bits per heavy atom. The molecule has 2 rings (SSSR count). The molecule has 0 saturated carbocycles. The van der Waals surface area contributed by atoms with Crippen molar-refractivity contribution in [2.75, 3.05) is 0 Å². The Morgan fingerprint density at radius 3 is 2.75 bits per heavy atom. The summed E-state index contributed by atoms with van der Waals surface area (Å²) in [6, 6.07) is 1.79. The van der Waals surface area contributed by atoms with Gasteiger partial charge < -0.3 is 4.57 Å². The van der Waals surface area contributed by atoms with Crippen molar-refractivity contribution in [1.29, 1.82) is 0 Å². The lowest BCUT2D eigenvalue weighted by Crippen LogP contribution is -2.10. The number of rotatable bonds is 3. The van der Waals surface area contributed by atoms with Gasteiger partial charge in [0.15, 0.2) is 5.78 Å². The number of hydrogen-bond acceptors (Lipinski definition) is 2. The van der Waals surface area contributed by atoms with E-state index >= 15 is 0 Å². The van der Waals surface area contributed by atoms with Gasteiger partial charge in [-0.1, -0.05) is 11.6 Å². The molecule has 4 nitrogen and oxygen atoms in total. The van der Waals surface area contributed by atoms with Gasteiger partial charge >= 0.3 is 0 Å². The van der Waals surface area contributed by atoms with Crippen LogP contribution in [-0.2, 0) is 13.6 Å². The average molecular weight is 238 g/mol. The van der Waals surface area contributed by atoms with Gasteiger partial charge in [-0.25, -0.2) is 0 Å². The monoisotopic (exact) mass is 237 g/mol. The van der Waals surface area contributed by atoms with E-state index in [9.17, 15) is 4.79 Å². The standard InChI is InChI=1S/C11H12ClN3O/c1-8-10(12)6-15(13-8)7-11(16)9-3-4-14(2)5-9/h3-6H,7H2,1-2H3. The Bertz CT molecular complexity index is 508. The van der Waals surface area contributed by atoms with Gasteiger partial charge in [0.05, 0.1) is 10.7 Å². The molecule has 0 fully saturated rings. The lowest BCUT2D eigenvalue weighted by atomic mass is 10.2. The minimum absolute atomic E-state index is 0.0276. The summed E-state index contributed by atoms with van der Waals surface area (Å²) in [6.07, 6.45) is 5.30. The highest BCUT2D eigenvalue weighted by molar-refractivity contribution is 6.31. The first-order valence-electron chi connectivity index (χ1n) is 4.91. The molecule has 0 unspecified atom stereocenters. The van der Waals surface area contributed by atoms with E-state index in [4.69, 9.17) is 11.6 Å². The molecule has 84 valence electrons. The molecule has 0 radical (unpaired) electrons. The zero-order valence-corrected chi connectivity index (χ0v) is 9.90. The van der Waals surface area contributed by atoms with Crippen LogP contribution >= 0.6 is 11.6 Å². The molecule has 2 aromatic rings. The molecule has 2 heterocycles. The maximum atomic E-state index is 11.8. The predicted octanol–water partition coefficient (Wildman–Crippen LogP) is 2.07. The first kappa shape index (κ1) is 11.0. The Balaban J connectivity index is 2.13. The molecular weight excluding hydrogens is 226 g/mol. The topological polar surface area (TPSA) is 39.8 Å². The lowest BCUT2D eigenvalue weighted by Gasteiger charge is -1.98. The van der Waals surface area contributed by atoms with Crippen molar-refractivity contribution in [3.05, 3.63) is 40.9 Å². The van der Waals surface area contributed by atoms with Gasteiger partial charge in [0.25, 0.3) is 0 Å². The Hall–Kier alpha value is -1.55. The maximum Gasteiger partial charge on any atom is 0.185 e. The van der Waals surface area contributed by atoms with E-state index in [0.29, 0.717) is 10.6 Å². The van der Waals surface area contributed by atoms with Crippen LogP contribution in [0.1, 0.15) is 16.1 Å². The van der Waals surface area contributed by atoms with Gasteiger partial charge in [0.1, 0.15) is 6.54 Å². The number of nitrogens with zero attached hydrogens (tertiary/aromatic N) is 3. The van der Waals surface area contributed by atoms with Crippen LogP contribution in [0.4, 0.5) is 0 Å². The van der Waals surface area contributed by atoms with E-state index in [1.165, 1.54) is 0 Å². The third-order valence-electron chi connectivity index (χ3n) is 2.35. The van der Waals surface area contributed by atoms with Gasteiger partial charge in [-0.05, 0) is 13.0 Å². The summed E-state index contributed by atoms with van der Waals surface area (Å²) in [6.45, 7) is 2.03. The molecule has 0 atom stereocenters. The molecule has 0 amide bonds. The Kier molecular flexibility index (Phi) is 2.83. The molecule has 5 heteroatoms. The van der Waals surface area contributed by atoms with Gasteiger partial charge in [0.2, 0.25) is 0 Å². The molecule has 0 aliphatic carbocycles. The summed E-state index contributed by atoms with van der Waals surface area (Å²) in [5.41, 5.74) is 1.43. The zero-order chi connectivity index (χ0) is 11.7. The number of hydrogen-bond donors (Lipinski definition) is 0. The average Bonchev–Trinajstić information content (AvgIpc) is 2.75.